The van der Waals surface area contributed by atoms with Crippen LogP contribution in [0, 0.1) is 5.92 Å². The van der Waals surface area contributed by atoms with Crippen molar-refractivity contribution in [3.63, 3.8) is 0 Å². The zero-order valence-corrected chi connectivity index (χ0v) is 12.5. The average molecular weight is 261 g/mol. The largest absolute Gasteiger partial charge is 0.491 e. The summed E-state index contributed by atoms with van der Waals surface area (Å²) in [5.74, 6) is 1.88. The van der Waals surface area contributed by atoms with E-state index in [-0.39, 0.29) is 6.10 Å². The van der Waals surface area contributed by atoms with E-state index in [1.165, 1.54) is 31.2 Å². The van der Waals surface area contributed by atoms with Gasteiger partial charge in [-0.2, -0.15) is 0 Å². The molecule has 0 amide bonds. The minimum Gasteiger partial charge on any atom is -0.491 e. The third kappa shape index (κ3) is 4.87. The molecule has 106 valence electrons. The molecule has 1 N–H and O–H groups in total. The molecule has 1 aromatic rings. The summed E-state index contributed by atoms with van der Waals surface area (Å²) in [5, 5.41) is 3.68. The highest BCUT2D eigenvalue weighted by Crippen LogP contribution is 2.23. The van der Waals surface area contributed by atoms with Crippen molar-refractivity contribution >= 4 is 0 Å². The topological polar surface area (TPSA) is 21.3 Å². The van der Waals surface area contributed by atoms with Crippen molar-refractivity contribution in [2.24, 2.45) is 5.92 Å². The van der Waals surface area contributed by atoms with Gasteiger partial charge in [0.15, 0.2) is 0 Å². The van der Waals surface area contributed by atoms with E-state index in [1.807, 2.05) is 0 Å². The normalized spacial score (nSPS) is 23.6. The molecule has 2 rings (SSSR count). The van der Waals surface area contributed by atoms with E-state index in [4.69, 9.17) is 4.74 Å². The Balaban J connectivity index is 1.76. The summed E-state index contributed by atoms with van der Waals surface area (Å²) < 4.78 is 5.66. The standard InChI is InChI=1S/C17H27NO/c1-13(2)19-17-10-6-15(7-11-17)12-18-16-8-4-14(3)5-9-16/h6-7,10-11,13-14,16,18H,4-5,8-9,12H2,1-3H3. The Morgan fingerprint density at radius 2 is 1.74 bits per heavy atom. The molecule has 19 heavy (non-hydrogen) atoms. The number of benzene rings is 1. The second-order valence-electron chi connectivity index (χ2n) is 6.15. The van der Waals surface area contributed by atoms with E-state index in [9.17, 15) is 0 Å². The SMILES string of the molecule is CC1CCC(NCc2ccc(OC(C)C)cc2)CC1. The van der Waals surface area contributed by atoms with E-state index < -0.39 is 0 Å². The van der Waals surface area contributed by atoms with Gasteiger partial charge in [-0.1, -0.05) is 19.1 Å². The Kier molecular flexibility index (Phi) is 5.26. The Labute approximate surface area is 117 Å². The molecule has 1 saturated carbocycles. The zero-order chi connectivity index (χ0) is 13.7. The van der Waals surface area contributed by atoms with Crippen LogP contribution in [-0.2, 0) is 6.54 Å². The molecular weight excluding hydrogens is 234 g/mol. The second kappa shape index (κ2) is 6.95. The van der Waals surface area contributed by atoms with Gasteiger partial charge in [0.2, 0.25) is 0 Å². The van der Waals surface area contributed by atoms with Gasteiger partial charge < -0.3 is 10.1 Å². The minimum atomic E-state index is 0.244. The first-order valence-corrected chi connectivity index (χ1v) is 7.62. The highest BCUT2D eigenvalue weighted by atomic mass is 16.5. The molecule has 1 fully saturated rings. The maximum absolute atomic E-state index is 5.66. The molecule has 0 radical (unpaired) electrons. The van der Waals surface area contributed by atoms with Crippen LogP contribution in [0.1, 0.15) is 52.0 Å². The van der Waals surface area contributed by atoms with E-state index in [0.717, 1.165) is 18.2 Å². The van der Waals surface area contributed by atoms with Crippen LogP contribution >= 0.6 is 0 Å². The molecule has 0 saturated heterocycles. The molecule has 0 heterocycles. The second-order valence-corrected chi connectivity index (χ2v) is 6.15. The van der Waals surface area contributed by atoms with Gasteiger partial charge in [-0.25, -0.2) is 0 Å². The molecule has 0 unspecified atom stereocenters. The number of nitrogens with one attached hydrogen (secondary N) is 1. The molecule has 0 spiro atoms. The third-order valence-corrected chi connectivity index (χ3v) is 3.91. The van der Waals surface area contributed by atoms with Crippen molar-refractivity contribution in [1.29, 1.82) is 0 Å². The van der Waals surface area contributed by atoms with Gasteiger partial charge in [-0.05, 0) is 63.1 Å². The molecule has 1 aromatic carbocycles. The zero-order valence-electron chi connectivity index (χ0n) is 12.5. The predicted molar refractivity (Wildman–Crippen MR) is 80.5 cm³/mol. The monoisotopic (exact) mass is 261 g/mol. The van der Waals surface area contributed by atoms with Gasteiger partial charge in [0.05, 0.1) is 6.10 Å². The lowest BCUT2D eigenvalue weighted by atomic mass is 9.87. The molecule has 0 aliphatic heterocycles. The first-order chi connectivity index (χ1) is 9.13. The van der Waals surface area contributed by atoms with Gasteiger partial charge in [-0.3, -0.25) is 0 Å². The fourth-order valence-electron chi connectivity index (χ4n) is 2.68. The van der Waals surface area contributed by atoms with E-state index in [2.05, 4.69) is 50.4 Å². The van der Waals surface area contributed by atoms with Gasteiger partial charge >= 0.3 is 0 Å². The van der Waals surface area contributed by atoms with Gasteiger partial charge in [-0.15, -0.1) is 0 Å². The maximum Gasteiger partial charge on any atom is 0.119 e. The molecule has 2 nitrogen and oxygen atoms in total. The fraction of sp³-hybridized carbons (Fsp3) is 0.647. The lowest BCUT2D eigenvalue weighted by molar-refractivity contribution is 0.242. The summed E-state index contributed by atoms with van der Waals surface area (Å²) in [7, 11) is 0. The number of rotatable bonds is 5. The molecule has 2 heteroatoms. The van der Waals surface area contributed by atoms with E-state index in [1.54, 1.807) is 0 Å². The lowest BCUT2D eigenvalue weighted by Gasteiger charge is -2.27. The number of hydrogen-bond donors (Lipinski definition) is 1. The Morgan fingerprint density at radius 3 is 2.32 bits per heavy atom. The van der Waals surface area contributed by atoms with E-state index in [0.29, 0.717) is 6.04 Å². The number of hydrogen-bond acceptors (Lipinski definition) is 2. The Hall–Kier alpha value is -1.02. The van der Waals surface area contributed by atoms with Gasteiger partial charge in [0, 0.05) is 12.6 Å². The van der Waals surface area contributed by atoms with Gasteiger partial charge in [0.1, 0.15) is 5.75 Å². The molecule has 1 aliphatic rings. The third-order valence-electron chi connectivity index (χ3n) is 3.91. The lowest BCUT2D eigenvalue weighted by Crippen LogP contribution is -2.32. The summed E-state index contributed by atoms with van der Waals surface area (Å²) in [4.78, 5) is 0. The van der Waals surface area contributed by atoms with Gasteiger partial charge in [0.25, 0.3) is 0 Å². The van der Waals surface area contributed by atoms with Crippen LogP contribution < -0.4 is 10.1 Å². The fourth-order valence-corrected chi connectivity index (χ4v) is 2.68. The summed E-state index contributed by atoms with van der Waals surface area (Å²) in [6.07, 6.45) is 5.65. The van der Waals surface area contributed by atoms with Crippen LogP contribution in [0.2, 0.25) is 0 Å². The predicted octanol–water partition coefficient (Wildman–Crippen LogP) is 4.14. The van der Waals surface area contributed by atoms with Crippen molar-refractivity contribution in [3.8, 4) is 5.75 Å². The highest BCUT2D eigenvalue weighted by Gasteiger charge is 2.17. The minimum absolute atomic E-state index is 0.244. The first kappa shape index (κ1) is 14.4. The van der Waals surface area contributed by atoms with Crippen LogP contribution in [0.4, 0.5) is 0 Å². The van der Waals surface area contributed by atoms with Crippen molar-refractivity contribution in [2.75, 3.05) is 0 Å². The summed E-state index contributed by atoms with van der Waals surface area (Å²) in [6.45, 7) is 7.45. The maximum atomic E-state index is 5.66. The molecule has 0 aromatic heterocycles. The van der Waals surface area contributed by atoms with Crippen LogP contribution in [0.5, 0.6) is 5.75 Å². The first-order valence-electron chi connectivity index (χ1n) is 7.62. The average Bonchev–Trinajstić information content (AvgIpc) is 2.39. The molecule has 1 aliphatic carbocycles. The Bertz CT molecular complexity index is 363. The Morgan fingerprint density at radius 1 is 1.11 bits per heavy atom. The van der Waals surface area contributed by atoms with E-state index >= 15 is 0 Å². The summed E-state index contributed by atoms with van der Waals surface area (Å²) in [6, 6.07) is 9.18. The quantitative estimate of drug-likeness (QED) is 0.860. The molecular formula is C17H27NO. The summed E-state index contributed by atoms with van der Waals surface area (Å²) >= 11 is 0. The molecule has 0 atom stereocenters. The van der Waals surface area contributed by atoms with Crippen molar-refractivity contribution in [3.05, 3.63) is 29.8 Å². The highest BCUT2D eigenvalue weighted by molar-refractivity contribution is 5.27. The van der Waals surface area contributed by atoms with Crippen molar-refractivity contribution in [1.82, 2.24) is 5.32 Å². The van der Waals surface area contributed by atoms with Crippen LogP contribution in [0.15, 0.2) is 24.3 Å². The van der Waals surface area contributed by atoms with Crippen molar-refractivity contribution < 1.29 is 4.74 Å². The van der Waals surface area contributed by atoms with Crippen LogP contribution in [0.25, 0.3) is 0 Å². The number of ether oxygens (including phenoxy) is 1. The molecule has 0 bridgehead atoms. The van der Waals surface area contributed by atoms with Crippen LogP contribution in [0.3, 0.4) is 0 Å². The van der Waals surface area contributed by atoms with Crippen molar-refractivity contribution in [2.45, 2.75) is 65.1 Å². The smallest absolute Gasteiger partial charge is 0.119 e. The van der Waals surface area contributed by atoms with Crippen LogP contribution in [-0.4, -0.2) is 12.1 Å². The summed E-state index contributed by atoms with van der Waals surface area (Å²) in [5.41, 5.74) is 1.34.